The number of carbonyl (C=O) groups is 3. The molecule has 0 aliphatic rings. The third kappa shape index (κ3) is 11.0. The van der Waals surface area contributed by atoms with Crippen molar-refractivity contribution in [2.45, 2.75) is 51.7 Å². The number of hydrogen-bond acceptors (Lipinski definition) is 7. The van der Waals surface area contributed by atoms with Gasteiger partial charge in [-0.25, -0.2) is 4.79 Å². The number of carbonyl (C=O) groups excluding carboxylic acids is 3. The molecule has 2 aromatic carbocycles. The second-order valence-corrected chi connectivity index (χ2v) is 9.70. The summed E-state index contributed by atoms with van der Waals surface area (Å²) >= 11 is 0. The van der Waals surface area contributed by atoms with Crippen molar-refractivity contribution in [3.05, 3.63) is 75.8 Å². The van der Waals surface area contributed by atoms with Crippen LogP contribution in [0.1, 0.15) is 38.3 Å². The maximum absolute atomic E-state index is 13.1. The largest absolute Gasteiger partial charge is 0.460 e. The number of esters is 1. The van der Waals surface area contributed by atoms with Crippen molar-refractivity contribution in [2.75, 3.05) is 26.2 Å². The van der Waals surface area contributed by atoms with Gasteiger partial charge >= 0.3 is 12.0 Å². The molecule has 3 amide bonds. The van der Waals surface area contributed by atoms with Gasteiger partial charge in [-0.3, -0.25) is 19.7 Å². The Morgan fingerprint density at radius 2 is 1.68 bits per heavy atom. The Balaban J connectivity index is 2.10. The summed E-state index contributed by atoms with van der Waals surface area (Å²) in [6, 6.07) is 13.7. The summed E-state index contributed by atoms with van der Waals surface area (Å²) in [6.45, 7) is 5.38. The second kappa shape index (κ2) is 14.7. The fraction of sp³-hybridized carbons (Fsp3) is 0.444. The van der Waals surface area contributed by atoms with E-state index in [0.717, 1.165) is 5.56 Å². The zero-order valence-electron chi connectivity index (χ0n) is 22.0. The molecule has 0 saturated heterocycles. The third-order valence-electron chi connectivity index (χ3n) is 5.42. The molecule has 0 aliphatic heterocycles. The normalized spacial score (nSPS) is 11.8. The standard InChI is InChI=1S/C27H36N4O7/c1-27(2,3)38-24(33)13-15-28-25(34)23(19-21-9-11-22(12-10-21)31(36)37)29-26(35)30(17-18-32)16-14-20-7-5-4-6-8-20/h4-12,23,32H,13-19H2,1-3H3,(H,28,34)(H,29,35)/t23-/m0/s1. The van der Waals surface area contributed by atoms with Gasteiger partial charge in [0.1, 0.15) is 11.6 Å². The van der Waals surface area contributed by atoms with E-state index in [4.69, 9.17) is 4.74 Å². The highest BCUT2D eigenvalue weighted by atomic mass is 16.6. The molecule has 0 aromatic heterocycles. The van der Waals surface area contributed by atoms with Crippen LogP contribution in [0.5, 0.6) is 0 Å². The van der Waals surface area contributed by atoms with Gasteiger partial charge in [0.15, 0.2) is 0 Å². The lowest BCUT2D eigenvalue weighted by Gasteiger charge is -2.26. The van der Waals surface area contributed by atoms with Gasteiger partial charge in [-0.2, -0.15) is 0 Å². The monoisotopic (exact) mass is 528 g/mol. The average Bonchev–Trinajstić information content (AvgIpc) is 2.85. The van der Waals surface area contributed by atoms with Gasteiger partial charge < -0.3 is 25.4 Å². The summed E-state index contributed by atoms with van der Waals surface area (Å²) < 4.78 is 5.25. The number of nitrogens with one attached hydrogen (secondary N) is 2. The maximum atomic E-state index is 13.1. The molecule has 2 aromatic rings. The predicted octanol–water partition coefficient (Wildman–Crippen LogP) is 2.60. The molecule has 0 saturated carbocycles. The molecule has 0 radical (unpaired) electrons. The Morgan fingerprint density at radius 1 is 1.03 bits per heavy atom. The Morgan fingerprint density at radius 3 is 2.26 bits per heavy atom. The zero-order valence-corrected chi connectivity index (χ0v) is 22.0. The van der Waals surface area contributed by atoms with Crippen LogP contribution in [0, 0.1) is 10.1 Å². The predicted molar refractivity (Wildman–Crippen MR) is 141 cm³/mol. The minimum absolute atomic E-state index is 0.00867. The molecule has 0 spiro atoms. The van der Waals surface area contributed by atoms with Crippen molar-refractivity contribution in [2.24, 2.45) is 0 Å². The van der Waals surface area contributed by atoms with E-state index in [1.165, 1.54) is 29.2 Å². The van der Waals surface area contributed by atoms with E-state index in [9.17, 15) is 29.6 Å². The summed E-state index contributed by atoms with van der Waals surface area (Å²) in [5, 5.41) is 25.8. The van der Waals surface area contributed by atoms with Crippen molar-refractivity contribution in [1.29, 1.82) is 0 Å². The Hall–Kier alpha value is -3.99. The van der Waals surface area contributed by atoms with Crippen LogP contribution in [0.25, 0.3) is 0 Å². The van der Waals surface area contributed by atoms with Crippen LogP contribution in [0.4, 0.5) is 10.5 Å². The minimum atomic E-state index is -1.03. The molecule has 11 nitrogen and oxygen atoms in total. The Bertz CT molecular complexity index is 1070. The fourth-order valence-corrected chi connectivity index (χ4v) is 3.59. The van der Waals surface area contributed by atoms with E-state index in [1.807, 2.05) is 30.3 Å². The summed E-state index contributed by atoms with van der Waals surface area (Å²) in [7, 11) is 0. The van der Waals surface area contributed by atoms with Crippen LogP contribution in [-0.4, -0.2) is 70.7 Å². The molecular formula is C27H36N4O7. The molecule has 0 heterocycles. The number of aliphatic hydroxyl groups excluding tert-OH is 1. The molecular weight excluding hydrogens is 492 g/mol. The number of nitrogens with zero attached hydrogens (tertiary/aromatic N) is 2. The van der Waals surface area contributed by atoms with E-state index < -0.39 is 34.5 Å². The maximum Gasteiger partial charge on any atom is 0.318 e. The highest BCUT2D eigenvalue weighted by molar-refractivity contribution is 5.87. The number of amides is 3. The molecule has 11 heteroatoms. The van der Waals surface area contributed by atoms with Gasteiger partial charge in [-0.05, 0) is 38.3 Å². The van der Waals surface area contributed by atoms with Crippen LogP contribution >= 0.6 is 0 Å². The van der Waals surface area contributed by atoms with E-state index in [2.05, 4.69) is 10.6 Å². The summed E-state index contributed by atoms with van der Waals surface area (Å²) in [6.07, 6.45) is 0.575. The Kier molecular flexibility index (Phi) is 11.7. The molecule has 3 N–H and O–H groups in total. The lowest BCUT2D eigenvalue weighted by molar-refractivity contribution is -0.384. The second-order valence-electron chi connectivity index (χ2n) is 9.70. The quantitative estimate of drug-likeness (QED) is 0.205. The molecule has 0 aliphatic carbocycles. The van der Waals surface area contributed by atoms with Crippen molar-refractivity contribution in [3.8, 4) is 0 Å². The number of ether oxygens (including phenoxy) is 1. The zero-order chi connectivity index (χ0) is 28.1. The van der Waals surface area contributed by atoms with E-state index >= 15 is 0 Å². The molecule has 0 bridgehead atoms. The number of benzene rings is 2. The first-order valence-corrected chi connectivity index (χ1v) is 12.4. The van der Waals surface area contributed by atoms with E-state index in [1.54, 1.807) is 20.8 Å². The first kappa shape index (κ1) is 30.2. The van der Waals surface area contributed by atoms with E-state index in [0.29, 0.717) is 18.5 Å². The molecule has 2 rings (SSSR count). The topological polar surface area (TPSA) is 151 Å². The van der Waals surface area contributed by atoms with Gasteiger partial charge in [0.2, 0.25) is 5.91 Å². The molecule has 206 valence electrons. The van der Waals surface area contributed by atoms with E-state index in [-0.39, 0.29) is 38.2 Å². The van der Waals surface area contributed by atoms with Gasteiger partial charge in [0, 0.05) is 38.2 Å². The van der Waals surface area contributed by atoms with Gasteiger partial charge in [-0.1, -0.05) is 42.5 Å². The molecule has 0 unspecified atom stereocenters. The van der Waals surface area contributed by atoms with Crippen molar-refractivity contribution < 1.29 is 29.2 Å². The minimum Gasteiger partial charge on any atom is -0.460 e. The first-order valence-electron chi connectivity index (χ1n) is 12.4. The SMILES string of the molecule is CC(C)(C)OC(=O)CCNC(=O)[C@H](Cc1ccc([N+](=O)[O-])cc1)NC(=O)N(CCO)CCc1ccccc1. The smallest absolute Gasteiger partial charge is 0.318 e. The third-order valence-corrected chi connectivity index (χ3v) is 5.42. The Labute approximate surface area is 222 Å². The fourth-order valence-electron chi connectivity index (χ4n) is 3.59. The average molecular weight is 529 g/mol. The molecule has 1 atom stereocenters. The van der Waals surface area contributed by atoms with Gasteiger partial charge in [0.25, 0.3) is 5.69 Å². The van der Waals surface area contributed by atoms with Crippen molar-refractivity contribution in [3.63, 3.8) is 0 Å². The van der Waals surface area contributed by atoms with Crippen LogP contribution in [-0.2, 0) is 27.2 Å². The van der Waals surface area contributed by atoms with Gasteiger partial charge in [-0.15, -0.1) is 0 Å². The number of nitro groups is 1. The number of nitro benzene ring substituents is 1. The van der Waals surface area contributed by atoms with Crippen LogP contribution in [0.2, 0.25) is 0 Å². The first-order chi connectivity index (χ1) is 18.0. The summed E-state index contributed by atoms with van der Waals surface area (Å²) in [5.41, 5.74) is 0.876. The summed E-state index contributed by atoms with van der Waals surface area (Å²) in [5.74, 6) is -0.990. The van der Waals surface area contributed by atoms with Gasteiger partial charge in [0.05, 0.1) is 18.0 Å². The lowest BCUT2D eigenvalue weighted by Crippen LogP contribution is -2.53. The number of rotatable bonds is 13. The number of aliphatic hydroxyl groups is 1. The van der Waals surface area contributed by atoms with Crippen LogP contribution in [0.15, 0.2) is 54.6 Å². The number of non-ortho nitro benzene ring substituents is 1. The molecule has 38 heavy (non-hydrogen) atoms. The molecule has 0 fully saturated rings. The number of hydrogen-bond donors (Lipinski definition) is 3. The van der Waals surface area contributed by atoms with Crippen LogP contribution < -0.4 is 10.6 Å². The highest BCUT2D eigenvalue weighted by Gasteiger charge is 2.25. The lowest BCUT2D eigenvalue weighted by atomic mass is 10.0. The van der Waals surface area contributed by atoms with Crippen molar-refractivity contribution in [1.82, 2.24) is 15.5 Å². The highest BCUT2D eigenvalue weighted by Crippen LogP contribution is 2.14. The summed E-state index contributed by atoms with van der Waals surface area (Å²) in [4.78, 5) is 50.0. The van der Waals surface area contributed by atoms with Crippen molar-refractivity contribution >= 4 is 23.6 Å². The number of urea groups is 1. The van der Waals surface area contributed by atoms with Crippen LogP contribution in [0.3, 0.4) is 0 Å².